The molecule has 120 valence electrons. The third-order valence-electron chi connectivity index (χ3n) is 4.39. The topological polar surface area (TPSA) is 29.5 Å². The Balaban J connectivity index is 1.88. The van der Waals surface area contributed by atoms with E-state index in [9.17, 15) is 4.79 Å². The molecule has 1 aliphatic rings. The molecule has 3 nitrogen and oxygen atoms in total. The van der Waals surface area contributed by atoms with Gasteiger partial charge in [-0.15, -0.1) is 0 Å². The number of carbonyl (C=O) groups is 1. The maximum absolute atomic E-state index is 13.0. The number of ketones is 1. The van der Waals surface area contributed by atoms with Gasteiger partial charge < -0.3 is 4.74 Å². The van der Waals surface area contributed by atoms with Crippen LogP contribution >= 0.6 is 0 Å². The predicted octanol–water partition coefficient (Wildman–Crippen LogP) is 3.37. The van der Waals surface area contributed by atoms with E-state index in [1.807, 2.05) is 44.2 Å². The van der Waals surface area contributed by atoms with Gasteiger partial charge in [0.2, 0.25) is 0 Å². The van der Waals surface area contributed by atoms with Crippen LogP contribution in [-0.4, -0.2) is 37.0 Å². The van der Waals surface area contributed by atoms with Crippen molar-refractivity contribution in [3.63, 3.8) is 0 Å². The lowest BCUT2D eigenvalue weighted by atomic mass is 9.94. The Morgan fingerprint density at radius 3 is 2.52 bits per heavy atom. The zero-order chi connectivity index (χ0) is 16.2. The largest absolute Gasteiger partial charge is 0.379 e. The van der Waals surface area contributed by atoms with Crippen molar-refractivity contribution in [3.05, 3.63) is 70.3 Å². The highest BCUT2D eigenvalue weighted by atomic mass is 16.5. The van der Waals surface area contributed by atoms with Crippen LogP contribution in [0.15, 0.2) is 42.5 Å². The number of hydrogen-bond donors (Lipinski definition) is 0. The standard InChI is InChI=1S/C20H23NO2/c1-15-7-8-18(16(2)13-15)20(22)19-6-4-3-5-17(19)14-21-9-11-23-12-10-21/h3-8,13H,9-12,14H2,1-2H3. The minimum Gasteiger partial charge on any atom is -0.379 e. The van der Waals surface area contributed by atoms with Gasteiger partial charge in [-0.2, -0.15) is 0 Å². The van der Waals surface area contributed by atoms with E-state index in [0.29, 0.717) is 0 Å². The third kappa shape index (κ3) is 3.69. The monoisotopic (exact) mass is 309 g/mol. The second kappa shape index (κ2) is 7.07. The van der Waals surface area contributed by atoms with E-state index < -0.39 is 0 Å². The first-order valence-electron chi connectivity index (χ1n) is 8.15. The molecule has 0 spiro atoms. The highest BCUT2D eigenvalue weighted by Gasteiger charge is 2.18. The Kier molecular flexibility index (Phi) is 4.89. The van der Waals surface area contributed by atoms with E-state index in [-0.39, 0.29) is 5.78 Å². The van der Waals surface area contributed by atoms with E-state index in [2.05, 4.69) is 17.0 Å². The highest BCUT2D eigenvalue weighted by Crippen LogP contribution is 2.20. The van der Waals surface area contributed by atoms with Crippen molar-refractivity contribution in [2.24, 2.45) is 0 Å². The van der Waals surface area contributed by atoms with Crippen LogP contribution in [0.4, 0.5) is 0 Å². The van der Waals surface area contributed by atoms with Gasteiger partial charge in [-0.3, -0.25) is 9.69 Å². The molecule has 0 bridgehead atoms. The van der Waals surface area contributed by atoms with E-state index in [1.165, 1.54) is 5.56 Å². The fourth-order valence-corrected chi connectivity index (χ4v) is 3.09. The Labute approximate surface area is 137 Å². The lowest BCUT2D eigenvalue weighted by Gasteiger charge is -2.27. The average molecular weight is 309 g/mol. The van der Waals surface area contributed by atoms with Crippen LogP contribution in [0.5, 0.6) is 0 Å². The lowest BCUT2D eigenvalue weighted by molar-refractivity contribution is 0.0341. The summed E-state index contributed by atoms with van der Waals surface area (Å²) in [4.78, 5) is 15.3. The molecular formula is C20H23NO2. The van der Waals surface area contributed by atoms with Crippen molar-refractivity contribution in [3.8, 4) is 0 Å². The van der Waals surface area contributed by atoms with Crippen LogP contribution in [0.25, 0.3) is 0 Å². The summed E-state index contributed by atoms with van der Waals surface area (Å²) < 4.78 is 5.40. The number of benzene rings is 2. The van der Waals surface area contributed by atoms with Crippen molar-refractivity contribution in [2.75, 3.05) is 26.3 Å². The van der Waals surface area contributed by atoms with Crippen molar-refractivity contribution in [1.82, 2.24) is 4.90 Å². The van der Waals surface area contributed by atoms with Gasteiger partial charge in [0.05, 0.1) is 13.2 Å². The molecule has 0 amide bonds. The molecule has 0 unspecified atom stereocenters. The highest BCUT2D eigenvalue weighted by molar-refractivity contribution is 6.10. The molecule has 1 saturated heterocycles. The van der Waals surface area contributed by atoms with Gasteiger partial charge in [0, 0.05) is 30.8 Å². The number of nitrogens with zero attached hydrogens (tertiary/aromatic N) is 1. The smallest absolute Gasteiger partial charge is 0.193 e. The van der Waals surface area contributed by atoms with E-state index in [4.69, 9.17) is 4.74 Å². The van der Waals surface area contributed by atoms with E-state index >= 15 is 0 Å². The van der Waals surface area contributed by atoms with E-state index in [0.717, 1.165) is 55.1 Å². The number of hydrogen-bond acceptors (Lipinski definition) is 3. The molecule has 0 aromatic heterocycles. The normalized spacial score (nSPS) is 15.6. The van der Waals surface area contributed by atoms with Crippen LogP contribution in [0, 0.1) is 13.8 Å². The third-order valence-corrected chi connectivity index (χ3v) is 4.39. The summed E-state index contributed by atoms with van der Waals surface area (Å²) in [6, 6.07) is 14.0. The molecule has 3 rings (SSSR count). The first-order chi connectivity index (χ1) is 11.1. The molecule has 1 fully saturated rings. The van der Waals surface area contributed by atoms with Gasteiger partial charge in [0.15, 0.2) is 5.78 Å². The summed E-state index contributed by atoms with van der Waals surface area (Å²) in [6.45, 7) is 8.24. The fourth-order valence-electron chi connectivity index (χ4n) is 3.09. The van der Waals surface area contributed by atoms with Crippen LogP contribution in [-0.2, 0) is 11.3 Å². The molecular weight excluding hydrogens is 286 g/mol. The lowest BCUT2D eigenvalue weighted by Crippen LogP contribution is -2.36. The van der Waals surface area contributed by atoms with Crippen LogP contribution < -0.4 is 0 Å². The first-order valence-corrected chi connectivity index (χ1v) is 8.15. The molecule has 0 saturated carbocycles. The number of carbonyl (C=O) groups excluding carboxylic acids is 1. The SMILES string of the molecule is Cc1ccc(C(=O)c2ccccc2CN2CCOCC2)c(C)c1. The molecule has 23 heavy (non-hydrogen) atoms. The maximum atomic E-state index is 13.0. The second-order valence-corrected chi connectivity index (χ2v) is 6.19. The summed E-state index contributed by atoms with van der Waals surface area (Å²) in [6.07, 6.45) is 0. The molecule has 2 aromatic carbocycles. The number of ether oxygens (including phenoxy) is 1. The molecule has 0 atom stereocenters. The number of rotatable bonds is 4. The molecule has 0 aliphatic carbocycles. The summed E-state index contributed by atoms with van der Waals surface area (Å²) in [5.74, 6) is 0.117. The molecule has 0 radical (unpaired) electrons. The second-order valence-electron chi connectivity index (χ2n) is 6.19. The Morgan fingerprint density at radius 1 is 1.04 bits per heavy atom. The Bertz CT molecular complexity index is 703. The molecule has 3 heteroatoms. The number of aryl methyl sites for hydroxylation is 2. The summed E-state index contributed by atoms with van der Waals surface area (Å²) in [5.41, 5.74) is 4.92. The Morgan fingerprint density at radius 2 is 1.78 bits per heavy atom. The minimum atomic E-state index is 0.117. The summed E-state index contributed by atoms with van der Waals surface area (Å²) >= 11 is 0. The van der Waals surface area contributed by atoms with Gasteiger partial charge >= 0.3 is 0 Å². The van der Waals surface area contributed by atoms with Crippen molar-refractivity contribution >= 4 is 5.78 Å². The summed E-state index contributed by atoms with van der Waals surface area (Å²) in [5, 5.41) is 0. The maximum Gasteiger partial charge on any atom is 0.193 e. The van der Waals surface area contributed by atoms with Crippen LogP contribution in [0.1, 0.15) is 32.6 Å². The zero-order valence-corrected chi connectivity index (χ0v) is 13.8. The van der Waals surface area contributed by atoms with Crippen molar-refractivity contribution in [2.45, 2.75) is 20.4 Å². The molecule has 0 N–H and O–H groups in total. The van der Waals surface area contributed by atoms with Crippen molar-refractivity contribution in [1.29, 1.82) is 0 Å². The van der Waals surface area contributed by atoms with Crippen LogP contribution in [0.2, 0.25) is 0 Å². The fraction of sp³-hybridized carbons (Fsp3) is 0.350. The zero-order valence-electron chi connectivity index (χ0n) is 13.8. The average Bonchev–Trinajstić information content (AvgIpc) is 2.56. The van der Waals surface area contributed by atoms with Crippen LogP contribution in [0.3, 0.4) is 0 Å². The number of morpholine rings is 1. The van der Waals surface area contributed by atoms with Gasteiger partial charge in [-0.1, -0.05) is 48.0 Å². The Hall–Kier alpha value is -1.97. The first kappa shape index (κ1) is 15.9. The molecule has 2 aromatic rings. The predicted molar refractivity (Wildman–Crippen MR) is 91.9 cm³/mol. The van der Waals surface area contributed by atoms with Gasteiger partial charge in [0.1, 0.15) is 0 Å². The quantitative estimate of drug-likeness (QED) is 0.811. The summed E-state index contributed by atoms with van der Waals surface area (Å²) in [7, 11) is 0. The van der Waals surface area contributed by atoms with Gasteiger partial charge in [0.25, 0.3) is 0 Å². The van der Waals surface area contributed by atoms with E-state index in [1.54, 1.807) is 0 Å². The minimum absolute atomic E-state index is 0.117. The molecule has 1 aliphatic heterocycles. The van der Waals surface area contributed by atoms with Gasteiger partial charge in [-0.05, 0) is 25.0 Å². The van der Waals surface area contributed by atoms with Crippen molar-refractivity contribution < 1.29 is 9.53 Å². The van der Waals surface area contributed by atoms with Gasteiger partial charge in [-0.25, -0.2) is 0 Å². The molecule has 1 heterocycles.